The fourth-order valence-electron chi connectivity index (χ4n) is 8.62. The number of hydrogen-bond donors (Lipinski definition) is 2. The molecule has 0 aromatic carbocycles. The Morgan fingerprint density at radius 3 is 2.47 bits per heavy atom. The van der Waals surface area contributed by atoms with Crippen LogP contribution in [0.1, 0.15) is 92.9 Å². The van der Waals surface area contributed by atoms with Gasteiger partial charge in [0.05, 0.1) is 0 Å². The van der Waals surface area contributed by atoms with Gasteiger partial charge in [0.2, 0.25) is 0 Å². The highest BCUT2D eigenvalue weighted by Crippen LogP contribution is 2.59. The Morgan fingerprint density at radius 2 is 1.82 bits per heavy atom. The van der Waals surface area contributed by atoms with E-state index in [2.05, 4.69) is 78.0 Å². The Labute approximate surface area is 229 Å². The van der Waals surface area contributed by atoms with Crippen LogP contribution in [0.2, 0.25) is 0 Å². The maximum atomic E-state index is 14.5. The third-order valence-electron chi connectivity index (χ3n) is 10.6. The van der Waals surface area contributed by atoms with E-state index in [0.29, 0.717) is 24.7 Å². The molecule has 38 heavy (non-hydrogen) atoms. The van der Waals surface area contributed by atoms with E-state index in [1.54, 1.807) is 0 Å². The number of carbonyl (C=O) groups excluding carboxylic acids is 1. The average Bonchev–Trinajstić information content (AvgIpc) is 2.85. The Hall–Kier alpha value is -2.36. The number of aliphatic hydroxyl groups excluding tert-OH is 1. The monoisotopic (exact) mass is 520 g/mol. The lowest BCUT2D eigenvalue weighted by molar-refractivity contribution is -0.136. The van der Waals surface area contributed by atoms with Gasteiger partial charge in [0.15, 0.2) is 5.78 Å². The minimum Gasteiger partial charge on any atom is -0.511 e. The smallest absolute Gasteiger partial charge is 0.342 e. The summed E-state index contributed by atoms with van der Waals surface area (Å²) in [7, 11) is 0. The molecule has 8 atom stereocenters. The van der Waals surface area contributed by atoms with Crippen molar-refractivity contribution in [2.24, 2.45) is 46.3 Å². The average molecular weight is 521 g/mol. The molecule has 208 valence electrons. The second kappa shape index (κ2) is 11.0. The summed E-state index contributed by atoms with van der Waals surface area (Å²) < 4.78 is 0. The molecule has 2 N–H and O–H groups in total. The van der Waals surface area contributed by atoms with Crippen molar-refractivity contribution >= 4 is 11.8 Å². The zero-order valence-electron chi connectivity index (χ0n) is 24.3. The number of carboxylic acids is 1. The van der Waals surface area contributed by atoms with Gasteiger partial charge in [-0.2, -0.15) is 0 Å². The van der Waals surface area contributed by atoms with Crippen LogP contribution in [0.25, 0.3) is 0 Å². The molecule has 0 radical (unpaired) electrons. The number of rotatable bonds is 3. The molecule has 4 aliphatic rings. The number of ketones is 1. The van der Waals surface area contributed by atoms with Crippen LogP contribution in [0, 0.1) is 46.3 Å². The molecule has 4 heteroatoms. The summed E-state index contributed by atoms with van der Waals surface area (Å²) in [6.07, 6.45) is 20.0. The predicted octanol–water partition coefficient (Wildman–Crippen LogP) is 8.38. The third-order valence-corrected chi connectivity index (χ3v) is 10.6. The number of fused-ring (bicyclic) bond motifs is 4. The molecule has 0 aromatic heterocycles. The van der Waals surface area contributed by atoms with Crippen molar-refractivity contribution < 1.29 is 19.8 Å². The van der Waals surface area contributed by atoms with E-state index in [4.69, 9.17) is 0 Å². The van der Waals surface area contributed by atoms with Gasteiger partial charge in [0.1, 0.15) is 11.3 Å². The standard InChI is InChI=1S/C34H48O4/c1-7-24-18-28-30(35)29(32(37)38)31(36)34(8-2)26(15-14-25-17-21(3)13-16-27(25)34)12-10-9-11-22(4)19-33(28,6)20-23(24)5/h9-10,14-15,19-21,24-28,36H,7-8,11-13,16-18H2,1-6H3,(H,37,38)/b10-9+,22-19+,31-29-/t21-,24?,25?,26?,27?,28?,33-,34+/m0/s1. The van der Waals surface area contributed by atoms with E-state index in [9.17, 15) is 19.8 Å². The minimum atomic E-state index is -1.29. The Kier molecular flexibility index (Phi) is 8.31. The van der Waals surface area contributed by atoms with Gasteiger partial charge >= 0.3 is 5.97 Å². The molecular formula is C34H48O4. The number of allylic oxidation sites excluding steroid dienone is 9. The number of Topliss-reactive ketones (excluding diaryl/α,β-unsaturated/α-hetero) is 1. The molecule has 0 bridgehead atoms. The van der Waals surface area contributed by atoms with Crippen molar-refractivity contribution in [1.82, 2.24) is 0 Å². The number of aliphatic carboxylic acids is 1. The zero-order chi connectivity index (χ0) is 27.8. The molecule has 0 aliphatic heterocycles. The third kappa shape index (κ3) is 4.89. The molecule has 5 unspecified atom stereocenters. The fourth-order valence-corrected chi connectivity index (χ4v) is 8.62. The highest BCUT2D eigenvalue weighted by Gasteiger charge is 2.55. The second-order valence-electron chi connectivity index (χ2n) is 13.0. The lowest BCUT2D eigenvalue weighted by Crippen LogP contribution is -2.48. The fraction of sp³-hybridized carbons (Fsp3) is 0.647. The summed E-state index contributed by atoms with van der Waals surface area (Å²) >= 11 is 0. The van der Waals surface area contributed by atoms with Crippen molar-refractivity contribution in [3.05, 3.63) is 58.9 Å². The lowest BCUT2D eigenvalue weighted by atomic mass is 9.51. The van der Waals surface area contributed by atoms with E-state index < -0.39 is 28.5 Å². The summed E-state index contributed by atoms with van der Waals surface area (Å²) in [6.45, 7) is 12.8. The lowest BCUT2D eigenvalue weighted by Gasteiger charge is -2.53. The summed E-state index contributed by atoms with van der Waals surface area (Å²) in [5.74, 6) is -1.18. The Balaban J connectivity index is 1.97. The number of hydrogen-bond acceptors (Lipinski definition) is 3. The van der Waals surface area contributed by atoms with Crippen LogP contribution < -0.4 is 0 Å². The van der Waals surface area contributed by atoms with Crippen LogP contribution in [0.4, 0.5) is 0 Å². The first-order valence-corrected chi connectivity index (χ1v) is 14.9. The van der Waals surface area contributed by atoms with Crippen LogP contribution in [-0.4, -0.2) is 22.0 Å². The number of aliphatic hydroxyl groups is 1. The highest BCUT2D eigenvalue weighted by atomic mass is 16.4. The van der Waals surface area contributed by atoms with Crippen molar-refractivity contribution in [3.63, 3.8) is 0 Å². The van der Waals surface area contributed by atoms with E-state index in [1.165, 1.54) is 11.1 Å². The van der Waals surface area contributed by atoms with Crippen LogP contribution in [0.3, 0.4) is 0 Å². The number of carboxylic acid groups (broad SMARTS) is 1. The van der Waals surface area contributed by atoms with E-state index in [0.717, 1.165) is 38.5 Å². The van der Waals surface area contributed by atoms with Gasteiger partial charge in [-0.1, -0.05) is 81.7 Å². The topological polar surface area (TPSA) is 74.6 Å². The normalized spacial score (nSPS) is 44.1. The van der Waals surface area contributed by atoms with Crippen molar-refractivity contribution in [2.75, 3.05) is 0 Å². The largest absolute Gasteiger partial charge is 0.511 e. The molecule has 4 aliphatic carbocycles. The van der Waals surface area contributed by atoms with Gasteiger partial charge in [-0.05, 0) is 88.4 Å². The van der Waals surface area contributed by atoms with E-state index >= 15 is 0 Å². The molecule has 0 amide bonds. The molecule has 1 fully saturated rings. The maximum absolute atomic E-state index is 14.5. The first-order chi connectivity index (χ1) is 18.0. The molecule has 0 saturated heterocycles. The predicted molar refractivity (Wildman–Crippen MR) is 154 cm³/mol. The molecule has 0 spiro atoms. The second-order valence-corrected chi connectivity index (χ2v) is 13.0. The van der Waals surface area contributed by atoms with E-state index in [-0.39, 0.29) is 29.1 Å². The van der Waals surface area contributed by atoms with E-state index in [1.807, 2.05) is 0 Å². The summed E-state index contributed by atoms with van der Waals surface area (Å²) in [5.41, 5.74) is 0.707. The van der Waals surface area contributed by atoms with Crippen molar-refractivity contribution in [1.29, 1.82) is 0 Å². The summed E-state index contributed by atoms with van der Waals surface area (Å²) in [6, 6.07) is 0. The van der Waals surface area contributed by atoms with Crippen molar-refractivity contribution in [3.8, 4) is 0 Å². The molecule has 0 heterocycles. The maximum Gasteiger partial charge on any atom is 0.342 e. The molecule has 0 aromatic rings. The van der Waals surface area contributed by atoms with Crippen LogP contribution >= 0.6 is 0 Å². The van der Waals surface area contributed by atoms with Crippen LogP contribution in [0.15, 0.2) is 58.9 Å². The van der Waals surface area contributed by atoms with Gasteiger partial charge in [0, 0.05) is 16.7 Å². The van der Waals surface area contributed by atoms with Crippen LogP contribution in [0.5, 0.6) is 0 Å². The first-order valence-electron chi connectivity index (χ1n) is 14.9. The van der Waals surface area contributed by atoms with Crippen molar-refractivity contribution in [2.45, 2.75) is 92.9 Å². The SMILES string of the molecule is CCC1CC2C(=O)/C(C(=O)O)=C(/O)[C@]3(CC)C(C=CC4C[C@@H](C)CCC43)C/C=C/C/C(C)=C/[C@@]2(C)C=C1C. The van der Waals surface area contributed by atoms with Crippen LogP contribution in [-0.2, 0) is 9.59 Å². The molecule has 4 nitrogen and oxygen atoms in total. The first kappa shape index (κ1) is 28.6. The summed E-state index contributed by atoms with van der Waals surface area (Å²) in [4.78, 5) is 27.4. The minimum absolute atomic E-state index is 0.0473. The van der Waals surface area contributed by atoms with Gasteiger partial charge < -0.3 is 10.2 Å². The molecule has 1 saturated carbocycles. The molecular weight excluding hydrogens is 472 g/mol. The molecule has 4 rings (SSSR count). The van der Waals surface area contributed by atoms with Gasteiger partial charge in [-0.15, -0.1) is 0 Å². The van der Waals surface area contributed by atoms with Gasteiger partial charge in [0.25, 0.3) is 0 Å². The highest BCUT2D eigenvalue weighted by molar-refractivity contribution is 6.18. The summed E-state index contributed by atoms with van der Waals surface area (Å²) in [5, 5.41) is 22.8. The Bertz CT molecular complexity index is 1100. The number of carbonyl (C=O) groups is 2. The van der Waals surface area contributed by atoms with Gasteiger partial charge in [-0.3, -0.25) is 4.79 Å². The Morgan fingerprint density at radius 1 is 1.08 bits per heavy atom. The quantitative estimate of drug-likeness (QED) is 0.289. The van der Waals surface area contributed by atoms with Gasteiger partial charge in [-0.25, -0.2) is 4.79 Å². The zero-order valence-corrected chi connectivity index (χ0v) is 24.3.